The van der Waals surface area contributed by atoms with Crippen LogP contribution in [-0.2, 0) is 23.2 Å². The van der Waals surface area contributed by atoms with Crippen molar-refractivity contribution < 1.29 is 9.90 Å². The zero-order valence-corrected chi connectivity index (χ0v) is 12.6. The summed E-state index contributed by atoms with van der Waals surface area (Å²) in [5.74, 6) is -0.827. The van der Waals surface area contributed by atoms with Gasteiger partial charge in [0.05, 0.1) is 18.7 Å². The van der Waals surface area contributed by atoms with E-state index < -0.39 is 5.97 Å². The minimum atomic E-state index is -0.827. The maximum atomic E-state index is 10.5. The van der Waals surface area contributed by atoms with Gasteiger partial charge in [0, 0.05) is 25.0 Å². The number of carboxylic acid groups (broad SMARTS) is 1. The summed E-state index contributed by atoms with van der Waals surface area (Å²) in [6.45, 7) is 7.02. The molecule has 1 N–H and O–H groups in total. The fourth-order valence-corrected chi connectivity index (χ4v) is 1.94. The highest BCUT2D eigenvalue weighted by atomic mass is 16.4. The molecular weight excluding hydrogens is 268 g/mol. The third-order valence-corrected chi connectivity index (χ3v) is 3.19. The van der Waals surface area contributed by atoms with Crippen LogP contribution in [0.1, 0.15) is 44.0 Å². The molecule has 0 atom stereocenters. The van der Waals surface area contributed by atoms with Crippen molar-refractivity contribution in [2.75, 3.05) is 0 Å². The van der Waals surface area contributed by atoms with Crippen molar-refractivity contribution in [3.63, 3.8) is 0 Å². The van der Waals surface area contributed by atoms with E-state index in [2.05, 4.69) is 42.1 Å². The average molecular weight is 288 g/mol. The van der Waals surface area contributed by atoms with Gasteiger partial charge in [0.1, 0.15) is 0 Å². The van der Waals surface area contributed by atoms with E-state index in [1.54, 1.807) is 10.9 Å². The molecule has 2 aromatic heterocycles. The lowest BCUT2D eigenvalue weighted by Crippen LogP contribution is -2.12. The summed E-state index contributed by atoms with van der Waals surface area (Å²) in [5, 5.41) is 16.7. The van der Waals surface area contributed by atoms with Gasteiger partial charge >= 0.3 is 5.97 Å². The molecule has 0 aliphatic rings. The lowest BCUT2D eigenvalue weighted by atomic mass is 9.88. The van der Waals surface area contributed by atoms with Crippen LogP contribution in [0.2, 0.25) is 0 Å². The largest absolute Gasteiger partial charge is 0.481 e. The molecule has 0 saturated carbocycles. The van der Waals surface area contributed by atoms with Crippen LogP contribution >= 0.6 is 0 Å². The summed E-state index contributed by atoms with van der Waals surface area (Å²) in [4.78, 5) is 14.8. The molecular formula is C15H20N4O2. The minimum Gasteiger partial charge on any atom is -0.481 e. The van der Waals surface area contributed by atoms with E-state index in [0.717, 1.165) is 5.56 Å². The van der Waals surface area contributed by atoms with E-state index in [-0.39, 0.29) is 11.8 Å². The van der Waals surface area contributed by atoms with Crippen molar-refractivity contribution in [1.29, 1.82) is 0 Å². The number of aromatic nitrogens is 4. The first-order valence-corrected chi connectivity index (χ1v) is 6.90. The molecule has 6 nitrogen and oxygen atoms in total. The van der Waals surface area contributed by atoms with Crippen LogP contribution < -0.4 is 0 Å². The highest BCUT2D eigenvalue weighted by Gasteiger charge is 2.14. The highest BCUT2D eigenvalue weighted by Crippen LogP contribution is 2.22. The number of aryl methyl sites for hydroxylation is 1. The SMILES string of the molecule is CC(C)(C)c1cncc(Cn2cc(CCC(=O)O)nn2)c1. The normalized spacial score (nSPS) is 11.6. The third kappa shape index (κ3) is 4.37. The van der Waals surface area contributed by atoms with Gasteiger partial charge < -0.3 is 5.11 Å². The fourth-order valence-electron chi connectivity index (χ4n) is 1.94. The quantitative estimate of drug-likeness (QED) is 0.910. The summed E-state index contributed by atoms with van der Waals surface area (Å²) in [7, 11) is 0. The van der Waals surface area contributed by atoms with Gasteiger partial charge in [-0.2, -0.15) is 0 Å². The number of nitrogens with zero attached hydrogens (tertiary/aromatic N) is 4. The molecule has 0 bridgehead atoms. The molecule has 0 saturated heterocycles. The Morgan fingerprint density at radius 3 is 2.76 bits per heavy atom. The molecule has 21 heavy (non-hydrogen) atoms. The van der Waals surface area contributed by atoms with Crippen molar-refractivity contribution in [3.05, 3.63) is 41.5 Å². The molecule has 0 aromatic carbocycles. The Morgan fingerprint density at radius 1 is 1.33 bits per heavy atom. The first kappa shape index (κ1) is 15.2. The topological polar surface area (TPSA) is 80.9 Å². The van der Waals surface area contributed by atoms with E-state index in [4.69, 9.17) is 5.11 Å². The van der Waals surface area contributed by atoms with Crippen LogP contribution in [0.25, 0.3) is 0 Å². The Morgan fingerprint density at radius 2 is 2.10 bits per heavy atom. The monoisotopic (exact) mass is 288 g/mol. The number of carboxylic acids is 1. The fraction of sp³-hybridized carbons (Fsp3) is 0.467. The first-order valence-electron chi connectivity index (χ1n) is 6.90. The molecule has 6 heteroatoms. The number of pyridine rings is 1. The lowest BCUT2D eigenvalue weighted by Gasteiger charge is -2.19. The smallest absolute Gasteiger partial charge is 0.303 e. The predicted octanol–water partition coefficient (Wildman–Crippen LogP) is 2.04. The molecule has 0 unspecified atom stereocenters. The van der Waals surface area contributed by atoms with Crippen molar-refractivity contribution in [2.45, 2.75) is 45.6 Å². The predicted molar refractivity (Wildman–Crippen MR) is 78.0 cm³/mol. The number of aliphatic carboxylic acids is 1. The standard InChI is InChI=1S/C15H20N4O2/c1-15(2,3)12-6-11(7-16-8-12)9-19-10-13(17-18-19)4-5-14(20)21/h6-8,10H,4-5,9H2,1-3H3,(H,20,21). The van der Waals surface area contributed by atoms with Gasteiger partial charge in [0.25, 0.3) is 0 Å². The van der Waals surface area contributed by atoms with Gasteiger partial charge in [-0.15, -0.1) is 5.10 Å². The summed E-state index contributed by atoms with van der Waals surface area (Å²) >= 11 is 0. The van der Waals surface area contributed by atoms with Crippen LogP contribution in [0.5, 0.6) is 0 Å². The average Bonchev–Trinajstić information content (AvgIpc) is 2.83. The Balaban J connectivity index is 2.07. The molecule has 0 aliphatic carbocycles. The molecule has 0 spiro atoms. The van der Waals surface area contributed by atoms with Crippen LogP contribution in [-0.4, -0.2) is 31.1 Å². The maximum Gasteiger partial charge on any atom is 0.303 e. The van der Waals surface area contributed by atoms with Crippen molar-refractivity contribution in [2.24, 2.45) is 0 Å². The Hall–Kier alpha value is -2.24. The molecule has 0 aliphatic heterocycles. The zero-order chi connectivity index (χ0) is 15.5. The number of carbonyl (C=O) groups is 1. The van der Waals surface area contributed by atoms with Crippen molar-refractivity contribution in [1.82, 2.24) is 20.0 Å². The van der Waals surface area contributed by atoms with E-state index >= 15 is 0 Å². The second kappa shape index (κ2) is 6.03. The van der Waals surface area contributed by atoms with Crippen LogP contribution in [0.15, 0.2) is 24.7 Å². The number of hydrogen-bond donors (Lipinski definition) is 1. The van der Waals surface area contributed by atoms with E-state index in [1.807, 2.05) is 12.4 Å². The van der Waals surface area contributed by atoms with Gasteiger partial charge in [-0.25, -0.2) is 4.68 Å². The molecule has 0 amide bonds. The van der Waals surface area contributed by atoms with Gasteiger partial charge in [0.15, 0.2) is 0 Å². The summed E-state index contributed by atoms with van der Waals surface area (Å²) in [6, 6.07) is 2.12. The molecule has 2 heterocycles. The lowest BCUT2D eigenvalue weighted by molar-refractivity contribution is -0.136. The Bertz CT molecular complexity index is 629. The zero-order valence-electron chi connectivity index (χ0n) is 12.6. The Labute approximate surface area is 123 Å². The second-order valence-corrected chi connectivity index (χ2v) is 6.13. The second-order valence-electron chi connectivity index (χ2n) is 6.13. The summed E-state index contributed by atoms with van der Waals surface area (Å²) in [6.07, 6.45) is 5.94. The van der Waals surface area contributed by atoms with Crippen molar-refractivity contribution in [3.8, 4) is 0 Å². The van der Waals surface area contributed by atoms with Crippen molar-refractivity contribution >= 4 is 5.97 Å². The van der Waals surface area contributed by atoms with Crippen LogP contribution in [0.3, 0.4) is 0 Å². The van der Waals surface area contributed by atoms with Gasteiger partial charge in [-0.05, 0) is 16.5 Å². The van der Waals surface area contributed by atoms with Gasteiger partial charge in [-0.1, -0.05) is 32.1 Å². The molecule has 0 radical (unpaired) electrons. The number of hydrogen-bond acceptors (Lipinski definition) is 4. The molecule has 2 rings (SSSR count). The Kier molecular flexibility index (Phi) is 4.35. The minimum absolute atomic E-state index is 0.0536. The van der Waals surface area contributed by atoms with E-state index in [9.17, 15) is 4.79 Å². The van der Waals surface area contributed by atoms with E-state index in [0.29, 0.717) is 18.7 Å². The summed E-state index contributed by atoms with van der Waals surface area (Å²) < 4.78 is 1.71. The first-order chi connectivity index (χ1) is 9.84. The maximum absolute atomic E-state index is 10.5. The molecule has 112 valence electrons. The summed E-state index contributed by atoms with van der Waals surface area (Å²) in [5.41, 5.74) is 2.97. The number of rotatable bonds is 5. The van der Waals surface area contributed by atoms with Crippen LogP contribution in [0, 0.1) is 0 Å². The van der Waals surface area contributed by atoms with Gasteiger partial charge in [-0.3, -0.25) is 9.78 Å². The molecule has 2 aromatic rings. The third-order valence-electron chi connectivity index (χ3n) is 3.19. The van der Waals surface area contributed by atoms with E-state index in [1.165, 1.54) is 5.56 Å². The van der Waals surface area contributed by atoms with Crippen LogP contribution in [0.4, 0.5) is 0 Å². The molecule has 0 fully saturated rings. The van der Waals surface area contributed by atoms with Gasteiger partial charge in [0.2, 0.25) is 0 Å². The highest BCUT2D eigenvalue weighted by molar-refractivity contribution is 5.66.